The lowest BCUT2D eigenvalue weighted by atomic mass is 10.0. The summed E-state index contributed by atoms with van der Waals surface area (Å²) >= 11 is 2.37. The van der Waals surface area contributed by atoms with Gasteiger partial charge in [-0.2, -0.15) is 0 Å². The number of hydrogen-bond donors (Lipinski definition) is 0. The molecule has 0 saturated carbocycles. The Balaban J connectivity index is 1.75. The molecule has 0 aromatic heterocycles. The van der Waals surface area contributed by atoms with Crippen molar-refractivity contribution < 1.29 is 27.4 Å². The molecule has 1 aromatic rings. The number of ether oxygens (including phenoxy) is 1. The molecule has 0 bridgehead atoms. The minimum atomic E-state index is -3.46. The third-order valence-corrected chi connectivity index (χ3v) is 9.50. The average Bonchev–Trinajstić information content (AvgIpc) is 2.93. The summed E-state index contributed by atoms with van der Waals surface area (Å²) in [5.41, 5.74) is 1.49. The number of unbranched alkanes of at least 4 members (excludes halogenated alkanes) is 15. The zero-order valence-electron chi connectivity index (χ0n) is 26.9. The molecule has 0 aliphatic rings. The van der Waals surface area contributed by atoms with E-state index in [-0.39, 0.29) is 0 Å². The highest BCUT2D eigenvalue weighted by Crippen LogP contribution is 2.48. The van der Waals surface area contributed by atoms with E-state index in [1.54, 1.807) is 0 Å². The van der Waals surface area contributed by atoms with E-state index in [0.717, 1.165) is 24.1 Å². The molecule has 0 aliphatic carbocycles. The predicted molar refractivity (Wildman–Crippen MR) is 182 cm³/mol. The number of phosphoric ester groups is 1. The van der Waals surface area contributed by atoms with E-state index >= 15 is 0 Å². The minimum absolute atomic E-state index is 0.310. The summed E-state index contributed by atoms with van der Waals surface area (Å²) < 4.78 is 35.9. The number of nitrogens with zero attached hydrogens (tertiary/aromatic N) is 1. The molecule has 41 heavy (non-hydrogen) atoms. The fourth-order valence-corrected chi connectivity index (χ4v) is 5.97. The lowest BCUT2D eigenvalue weighted by molar-refractivity contribution is -0.870. The van der Waals surface area contributed by atoms with Crippen molar-refractivity contribution in [1.82, 2.24) is 0 Å². The summed E-state index contributed by atoms with van der Waals surface area (Å²) in [6, 6.07) is 8.98. The summed E-state index contributed by atoms with van der Waals surface area (Å²) in [7, 11) is 4.07. The number of benzene rings is 1. The fourth-order valence-electron chi connectivity index (χ4n) is 4.67. The van der Waals surface area contributed by atoms with Crippen LogP contribution in [0.1, 0.15) is 115 Å². The maximum atomic E-state index is 12.4. The highest BCUT2D eigenvalue weighted by Gasteiger charge is 2.25. The zero-order valence-corrected chi connectivity index (χ0v) is 29.9. The number of phosphoric acid groups is 1. The van der Waals surface area contributed by atoms with Crippen LogP contribution >= 0.6 is 30.4 Å². The van der Waals surface area contributed by atoms with Gasteiger partial charge in [-0.15, -0.1) is 0 Å². The molecular formula is C33H62INO5P+. The van der Waals surface area contributed by atoms with Crippen LogP contribution in [-0.4, -0.2) is 65.7 Å². The van der Waals surface area contributed by atoms with Crippen molar-refractivity contribution in [3.05, 3.63) is 33.4 Å². The Morgan fingerprint density at radius 3 is 1.54 bits per heavy atom. The first kappa shape index (κ1) is 39.0. The predicted octanol–water partition coefficient (Wildman–Crippen LogP) is 9.98. The first-order valence-corrected chi connectivity index (χ1v) is 18.9. The Morgan fingerprint density at radius 2 is 1.05 bits per heavy atom. The largest absolute Gasteiger partial charge is 0.474 e. The number of rotatable bonds is 29. The molecular weight excluding hydrogens is 648 g/mol. The van der Waals surface area contributed by atoms with E-state index in [0.29, 0.717) is 26.2 Å². The molecule has 1 aromatic carbocycles. The van der Waals surface area contributed by atoms with Crippen molar-refractivity contribution in [1.29, 1.82) is 0 Å². The minimum Gasteiger partial charge on any atom is -0.381 e. The zero-order chi connectivity index (χ0) is 30.1. The molecule has 0 saturated heterocycles. The van der Waals surface area contributed by atoms with E-state index in [1.165, 1.54) is 119 Å². The second-order valence-electron chi connectivity index (χ2n) is 12.3. The van der Waals surface area contributed by atoms with Gasteiger partial charge in [0.25, 0.3) is 0 Å². The van der Waals surface area contributed by atoms with E-state index in [9.17, 15) is 4.57 Å². The SMILES string of the molecule is COP(=O)(OCCCOCCCCCCCCCCCCCCCCCCc1ccc(I)cc1)OCC[N+](C)(C)C. The molecule has 0 spiro atoms. The third-order valence-electron chi connectivity index (χ3n) is 7.33. The summed E-state index contributed by atoms with van der Waals surface area (Å²) in [4.78, 5) is 0. The van der Waals surface area contributed by atoms with Crippen LogP contribution < -0.4 is 0 Å². The van der Waals surface area contributed by atoms with Gasteiger partial charge in [0, 0.05) is 23.9 Å². The molecule has 6 nitrogen and oxygen atoms in total. The fraction of sp³-hybridized carbons (Fsp3) is 0.818. The highest BCUT2D eigenvalue weighted by atomic mass is 127. The van der Waals surface area contributed by atoms with Crippen LogP contribution in [0.4, 0.5) is 0 Å². The average molecular weight is 711 g/mol. The monoisotopic (exact) mass is 710 g/mol. The van der Waals surface area contributed by atoms with Crippen LogP contribution in [0.3, 0.4) is 0 Å². The molecule has 240 valence electrons. The number of likely N-dealkylation sites (N-methyl/N-ethyl adjacent to an activating group) is 1. The van der Waals surface area contributed by atoms with Gasteiger partial charge in [0.05, 0.1) is 27.7 Å². The molecule has 0 N–H and O–H groups in total. The Labute approximate surface area is 267 Å². The lowest BCUT2D eigenvalue weighted by Gasteiger charge is -2.24. The Hall–Kier alpha value is -0.0200. The first-order valence-electron chi connectivity index (χ1n) is 16.3. The van der Waals surface area contributed by atoms with Crippen LogP contribution in [0.5, 0.6) is 0 Å². The van der Waals surface area contributed by atoms with Gasteiger partial charge in [0.1, 0.15) is 13.2 Å². The summed E-state index contributed by atoms with van der Waals surface area (Å²) in [6.07, 6.45) is 23.7. The molecule has 0 radical (unpaired) electrons. The van der Waals surface area contributed by atoms with E-state index in [2.05, 4.69) is 68.0 Å². The van der Waals surface area contributed by atoms with E-state index in [1.807, 2.05) is 0 Å². The Bertz CT molecular complexity index is 772. The van der Waals surface area contributed by atoms with Crippen molar-refractivity contribution in [3.8, 4) is 0 Å². The van der Waals surface area contributed by atoms with Gasteiger partial charge in [-0.1, -0.05) is 102 Å². The Kier molecular flexibility index (Phi) is 24.1. The van der Waals surface area contributed by atoms with Gasteiger partial charge in [-0.3, -0.25) is 13.6 Å². The first-order chi connectivity index (χ1) is 19.7. The van der Waals surface area contributed by atoms with Crippen LogP contribution in [-0.2, 0) is 29.3 Å². The number of quaternary nitrogens is 1. The quantitative estimate of drug-likeness (QED) is 0.0359. The second kappa shape index (κ2) is 25.3. The molecule has 8 heteroatoms. The maximum Gasteiger partial charge on any atom is 0.474 e. The summed E-state index contributed by atoms with van der Waals surface area (Å²) in [6.45, 7) is 2.77. The van der Waals surface area contributed by atoms with E-state index < -0.39 is 7.82 Å². The molecule has 0 amide bonds. The second-order valence-corrected chi connectivity index (χ2v) is 15.3. The van der Waals surface area contributed by atoms with Crippen molar-refractivity contribution in [2.24, 2.45) is 0 Å². The van der Waals surface area contributed by atoms with Crippen molar-refractivity contribution in [2.75, 3.05) is 61.2 Å². The molecule has 0 fully saturated rings. The van der Waals surface area contributed by atoms with Crippen LogP contribution in [0.2, 0.25) is 0 Å². The normalized spacial score (nSPS) is 13.5. The number of aryl methyl sites for hydroxylation is 1. The highest BCUT2D eigenvalue weighted by molar-refractivity contribution is 14.1. The van der Waals surface area contributed by atoms with Crippen molar-refractivity contribution in [3.63, 3.8) is 0 Å². The maximum absolute atomic E-state index is 12.4. The molecule has 1 atom stereocenters. The topological polar surface area (TPSA) is 54.0 Å². The van der Waals surface area contributed by atoms with Gasteiger partial charge >= 0.3 is 7.82 Å². The molecule has 0 heterocycles. The standard InChI is InChI=1S/C33H62INO5P/c1-35(2,3)27-31-40-41(36,37-4)39-30-21-29-38-28-20-18-16-14-12-10-8-6-5-7-9-11-13-15-17-19-22-32-23-25-33(34)26-24-32/h23-26H,5-22,27-31H2,1-4H3/q+1. The number of hydrogen-bond acceptors (Lipinski definition) is 5. The molecule has 0 aliphatic heterocycles. The lowest BCUT2D eigenvalue weighted by Crippen LogP contribution is -2.37. The Morgan fingerprint density at radius 1 is 0.610 bits per heavy atom. The van der Waals surface area contributed by atoms with Crippen molar-refractivity contribution >= 4 is 30.4 Å². The third kappa shape index (κ3) is 25.1. The van der Waals surface area contributed by atoms with Crippen LogP contribution in [0.15, 0.2) is 24.3 Å². The summed E-state index contributed by atoms with van der Waals surface area (Å²) in [5, 5.41) is 0. The van der Waals surface area contributed by atoms with Gasteiger partial charge in [-0.05, 0) is 66.0 Å². The molecule has 1 unspecified atom stereocenters. The van der Waals surface area contributed by atoms with Crippen LogP contribution in [0, 0.1) is 3.57 Å². The van der Waals surface area contributed by atoms with Gasteiger partial charge in [0.15, 0.2) is 0 Å². The van der Waals surface area contributed by atoms with Gasteiger partial charge in [0.2, 0.25) is 0 Å². The number of halogens is 1. The van der Waals surface area contributed by atoms with E-state index in [4.69, 9.17) is 18.3 Å². The van der Waals surface area contributed by atoms with Gasteiger partial charge in [-0.25, -0.2) is 4.57 Å². The van der Waals surface area contributed by atoms with Gasteiger partial charge < -0.3 is 9.22 Å². The van der Waals surface area contributed by atoms with Crippen molar-refractivity contribution in [2.45, 2.75) is 116 Å². The van der Waals surface area contributed by atoms with Crippen LogP contribution in [0.25, 0.3) is 0 Å². The summed E-state index contributed by atoms with van der Waals surface area (Å²) in [5.74, 6) is 0. The molecule has 1 rings (SSSR count). The smallest absolute Gasteiger partial charge is 0.381 e.